The van der Waals surface area contributed by atoms with Gasteiger partial charge in [-0.05, 0) is 79.2 Å². The Balaban J connectivity index is 1.46. The van der Waals surface area contributed by atoms with Crippen molar-refractivity contribution in [3.05, 3.63) is 41.5 Å². The van der Waals surface area contributed by atoms with E-state index < -0.39 is 0 Å². The van der Waals surface area contributed by atoms with E-state index in [0.29, 0.717) is 5.41 Å². The molecule has 4 fully saturated rings. The third kappa shape index (κ3) is 2.15. The number of benzene rings is 1. The summed E-state index contributed by atoms with van der Waals surface area (Å²) in [6, 6.07) is 8.40. The van der Waals surface area contributed by atoms with Gasteiger partial charge in [0.05, 0.1) is 11.6 Å². The van der Waals surface area contributed by atoms with Gasteiger partial charge < -0.3 is 11.5 Å². The van der Waals surface area contributed by atoms with E-state index in [2.05, 4.69) is 36.4 Å². The van der Waals surface area contributed by atoms with E-state index in [-0.39, 0.29) is 11.6 Å². The second-order valence-electron chi connectivity index (χ2n) is 9.15. The fraction of sp³-hybridized carbons (Fsp3) is 0.619. The Bertz CT molecular complexity index is 626. The zero-order chi connectivity index (χ0) is 15.7. The summed E-state index contributed by atoms with van der Waals surface area (Å²) in [5.74, 6) is 2.92. The van der Waals surface area contributed by atoms with Crippen LogP contribution in [0.1, 0.15) is 62.1 Å². The normalized spacial score (nSPS) is 46.9. The van der Waals surface area contributed by atoms with Gasteiger partial charge in [0.1, 0.15) is 0 Å². The fourth-order valence-electron chi connectivity index (χ4n) is 6.91. The van der Waals surface area contributed by atoms with Crippen LogP contribution in [0.3, 0.4) is 0 Å². The lowest BCUT2D eigenvalue weighted by molar-refractivity contribution is -0.0664. The van der Waals surface area contributed by atoms with E-state index in [1.807, 2.05) is 0 Å². The van der Waals surface area contributed by atoms with Crippen LogP contribution in [0.25, 0.3) is 6.08 Å². The lowest BCUT2D eigenvalue weighted by Gasteiger charge is -2.59. The molecule has 0 amide bonds. The summed E-state index contributed by atoms with van der Waals surface area (Å²) < 4.78 is 0. The monoisotopic (exact) mass is 308 g/mol. The number of hydrogen-bond donors (Lipinski definition) is 2. The van der Waals surface area contributed by atoms with Gasteiger partial charge in [0, 0.05) is 0 Å². The van der Waals surface area contributed by atoms with Gasteiger partial charge in [-0.1, -0.05) is 36.4 Å². The van der Waals surface area contributed by atoms with Crippen molar-refractivity contribution in [2.75, 3.05) is 0 Å². The summed E-state index contributed by atoms with van der Waals surface area (Å²) >= 11 is 0. The van der Waals surface area contributed by atoms with Gasteiger partial charge in [0.25, 0.3) is 0 Å². The summed E-state index contributed by atoms with van der Waals surface area (Å²) in [5, 5.41) is 0. The molecule has 2 heteroatoms. The summed E-state index contributed by atoms with van der Waals surface area (Å²) in [7, 11) is 0. The van der Waals surface area contributed by atoms with E-state index >= 15 is 0 Å². The first-order valence-corrected chi connectivity index (χ1v) is 9.38. The van der Waals surface area contributed by atoms with Gasteiger partial charge in [0.2, 0.25) is 0 Å². The van der Waals surface area contributed by atoms with Crippen molar-refractivity contribution in [3.63, 3.8) is 0 Å². The van der Waals surface area contributed by atoms with Gasteiger partial charge in [0.15, 0.2) is 0 Å². The molecule has 0 heterocycles. The number of nitrogens with two attached hydrogens (primary N) is 2. The Hall–Kier alpha value is -1.12. The molecule has 122 valence electrons. The SMILES string of the molecule is NC1c2ccccc2C=CC1(N)CC12CC3CC(CC(C3)C1)C2. The van der Waals surface area contributed by atoms with Crippen LogP contribution < -0.4 is 11.5 Å². The largest absolute Gasteiger partial charge is 0.322 e. The summed E-state index contributed by atoms with van der Waals surface area (Å²) in [5.41, 5.74) is 16.2. The Morgan fingerprint density at radius 1 is 0.957 bits per heavy atom. The molecule has 0 aromatic heterocycles. The standard InChI is InChI=1S/C21H28N2/c22-19-18-4-2-1-3-17(18)5-6-21(19,23)13-20-10-14-7-15(11-20)9-16(8-14)12-20/h1-6,14-16,19H,7-13,22-23H2. The van der Waals surface area contributed by atoms with Crippen molar-refractivity contribution in [1.29, 1.82) is 0 Å². The van der Waals surface area contributed by atoms with Crippen LogP contribution in [-0.4, -0.2) is 5.54 Å². The number of rotatable bonds is 2. The first-order chi connectivity index (χ1) is 11.1. The third-order valence-electron chi connectivity index (χ3n) is 7.33. The van der Waals surface area contributed by atoms with Gasteiger partial charge in [-0.2, -0.15) is 0 Å². The predicted molar refractivity (Wildman–Crippen MR) is 94.5 cm³/mol. The van der Waals surface area contributed by atoms with Crippen molar-refractivity contribution in [1.82, 2.24) is 0 Å². The molecule has 4 bridgehead atoms. The molecule has 0 spiro atoms. The van der Waals surface area contributed by atoms with Gasteiger partial charge in [-0.25, -0.2) is 0 Å². The van der Waals surface area contributed by atoms with Crippen LogP contribution in [-0.2, 0) is 0 Å². The summed E-state index contributed by atoms with van der Waals surface area (Å²) in [6.45, 7) is 0. The van der Waals surface area contributed by atoms with Crippen molar-refractivity contribution in [3.8, 4) is 0 Å². The first-order valence-electron chi connectivity index (χ1n) is 9.38. The van der Waals surface area contributed by atoms with E-state index in [1.54, 1.807) is 0 Å². The van der Waals surface area contributed by atoms with Crippen molar-refractivity contribution in [2.45, 2.75) is 56.5 Å². The molecule has 2 nitrogen and oxygen atoms in total. The molecule has 0 radical (unpaired) electrons. The molecule has 4 saturated carbocycles. The smallest absolute Gasteiger partial charge is 0.0543 e. The maximum absolute atomic E-state index is 6.93. The highest BCUT2D eigenvalue weighted by atomic mass is 14.9. The molecular formula is C21H28N2. The lowest BCUT2D eigenvalue weighted by atomic mass is 9.47. The highest BCUT2D eigenvalue weighted by Gasteiger charge is 2.53. The highest BCUT2D eigenvalue weighted by Crippen LogP contribution is 2.63. The highest BCUT2D eigenvalue weighted by molar-refractivity contribution is 5.60. The van der Waals surface area contributed by atoms with Crippen LogP contribution in [0.5, 0.6) is 0 Å². The van der Waals surface area contributed by atoms with Gasteiger partial charge in [-0.15, -0.1) is 0 Å². The van der Waals surface area contributed by atoms with E-state index in [9.17, 15) is 0 Å². The molecule has 5 aliphatic rings. The molecule has 1 aromatic rings. The Morgan fingerprint density at radius 3 is 2.22 bits per heavy atom. The zero-order valence-corrected chi connectivity index (χ0v) is 13.9. The van der Waals surface area contributed by atoms with Crippen molar-refractivity contribution < 1.29 is 0 Å². The third-order valence-corrected chi connectivity index (χ3v) is 7.33. The average Bonchev–Trinajstić information content (AvgIpc) is 2.50. The van der Waals surface area contributed by atoms with Crippen molar-refractivity contribution >= 4 is 6.08 Å². The molecule has 2 atom stereocenters. The molecule has 6 rings (SSSR count). The van der Waals surface area contributed by atoms with Crippen LogP contribution in [0.15, 0.2) is 30.3 Å². The average molecular weight is 308 g/mol. The van der Waals surface area contributed by atoms with Crippen LogP contribution >= 0.6 is 0 Å². The van der Waals surface area contributed by atoms with Crippen LogP contribution in [0.2, 0.25) is 0 Å². The van der Waals surface area contributed by atoms with E-state index in [1.165, 1.54) is 49.7 Å². The quantitative estimate of drug-likeness (QED) is 0.867. The topological polar surface area (TPSA) is 52.0 Å². The Kier molecular flexibility index (Phi) is 2.91. The Labute approximate surface area is 139 Å². The maximum Gasteiger partial charge on any atom is 0.0543 e. The molecule has 23 heavy (non-hydrogen) atoms. The minimum Gasteiger partial charge on any atom is -0.322 e. The molecular weight excluding hydrogens is 280 g/mol. The summed E-state index contributed by atoms with van der Waals surface area (Å²) in [6.07, 6.45) is 14.2. The zero-order valence-electron chi connectivity index (χ0n) is 13.9. The maximum atomic E-state index is 6.93. The van der Waals surface area contributed by atoms with Gasteiger partial charge >= 0.3 is 0 Å². The second kappa shape index (κ2) is 4.70. The molecule has 2 unspecified atom stereocenters. The summed E-state index contributed by atoms with van der Waals surface area (Å²) in [4.78, 5) is 0. The number of hydrogen-bond acceptors (Lipinski definition) is 2. The molecule has 4 N–H and O–H groups in total. The first kappa shape index (κ1) is 14.2. The number of fused-ring (bicyclic) bond motifs is 1. The van der Waals surface area contributed by atoms with E-state index in [0.717, 1.165) is 24.2 Å². The van der Waals surface area contributed by atoms with Gasteiger partial charge in [-0.3, -0.25) is 0 Å². The fourth-order valence-corrected chi connectivity index (χ4v) is 6.91. The lowest BCUT2D eigenvalue weighted by Crippen LogP contribution is -2.56. The van der Waals surface area contributed by atoms with Crippen LogP contribution in [0.4, 0.5) is 0 Å². The minimum absolute atomic E-state index is 0.0725. The molecule has 0 aliphatic heterocycles. The Morgan fingerprint density at radius 2 is 1.57 bits per heavy atom. The minimum atomic E-state index is -0.375. The van der Waals surface area contributed by atoms with E-state index in [4.69, 9.17) is 11.5 Å². The second-order valence-corrected chi connectivity index (χ2v) is 9.15. The van der Waals surface area contributed by atoms with Crippen LogP contribution in [0, 0.1) is 23.2 Å². The molecule has 1 aromatic carbocycles. The molecule has 5 aliphatic carbocycles. The predicted octanol–water partition coefficient (Wildman–Crippen LogP) is 4.02. The molecule has 0 saturated heterocycles. The van der Waals surface area contributed by atoms with Crippen molar-refractivity contribution in [2.24, 2.45) is 34.6 Å².